The van der Waals surface area contributed by atoms with Gasteiger partial charge in [-0.15, -0.1) is 0 Å². The molecule has 6 heteroatoms. The quantitative estimate of drug-likeness (QED) is 0.618. The molecule has 1 aromatic heterocycles. The Kier molecular flexibility index (Phi) is 6.07. The first kappa shape index (κ1) is 20.7. The molecule has 158 valence electrons. The van der Waals surface area contributed by atoms with E-state index in [9.17, 15) is 14.0 Å². The van der Waals surface area contributed by atoms with Crippen LogP contribution in [0.15, 0.2) is 48.5 Å². The summed E-state index contributed by atoms with van der Waals surface area (Å²) in [5, 5.41) is 3.34. The average Bonchev–Trinajstić information content (AvgIpc) is 2.78. The Morgan fingerprint density at radius 3 is 2.68 bits per heavy atom. The van der Waals surface area contributed by atoms with Crippen molar-refractivity contribution in [3.8, 4) is 0 Å². The topological polar surface area (TPSA) is 68.3 Å². The minimum atomic E-state index is -0.524. The van der Waals surface area contributed by atoms with Crippen LogP contribution in [0, 0.1) is 5.82 Å². The Morgan fingerprint density at radius 2 is 1.90 bits per heavy atom. The number of nitrogens with one attached hydrogen (secondary N) is 1. The van der Waals surface area contributed by atoms with Crippen molar-refractivity contribution in [2.24, 2.45) is 0 Å². The Labute approximate surface area is 179 Å². The van der Waals surface area contributed by atoms with Crippen molar-refractivity contribution in [3.63, 3.8) is 0 Å². The number of para-hydroxylation sites is 1. The molecule has 0 unspecified atom stereocenters. The van der Waals surface area contributed by atoms with E-state index in [0.717, 1.165) is 35.2 Å². The summed E-state index contributed by atoms with van der Waals surface area (Å²) in [6, 6.07) is 13.7. The Bertz CT molecular complexity index is 1170. The highest BCUT2D eigenvalue weighted by Crippen LogP contribution is 2.36. The van der Waals surface area contributed by atoms with Gasteiger partial charge in [0.2, 0.25) is 0 Å². The lowest BCUT2D eigenvalue weighted by Crippen LogP contribution is -2.28. The SMILES string of the molecule is CCNC(=O)COC(=O)c1c2c(nc3ccccc13)/C(=C/c1ccc(F)cc1)CCC2. The summed E-state index contributed by atoms with van der Waals surface area (Å²) < 4.78 is 18.6. The maximum absolute atomic E-state index is 13.3. The molecular weight excluding hydrogens is 395 g/mol. The van der Waals surface area contributed by atoms with Gasteiger partial charge in [-0.05, 0) is 67.2 Å². The number of carbonyl (C=O) groups is 2. The summed E-state index contributed by atoms with van der Waals surface area (Å²) in [6.45, 7) is 1.96. The number of esters is 1. The van der Waals surface area contributed by atoms with Crippen LogP contribution in [-0.4, -0.2) is 30.0 Å². The van der Waals surface area contributed by atoms with E-state index in [-0.39, 0.29) is 18.3 Å². The van der Waals surface area contributed by atoms with Gasteiger partial charge < -0.3 is 10.1 Å². The largest absolute Gasteiger partial charge is 0.452 e. The van der Waals surface area contributed by atoms with E-state index in [1.807, 2.05) is 37.3 Å². The van der Waals surface area contributed by atoms with E-state index in [2.05, 4.69) is 5.32 Å². The molecule has 1 aliphatic rings. The Hall–Kier alpha value is -3.54. The zero-order valence-electron chi connectivity index (χ0n) is 17.3. The third kappa shape index (κ3) is 4.48. The molecule has 4 rings (SSSR count). The molecule has 0 radical (unpaired) electrons. The van der Waals surface area contributed by atoms with Crippen molar-refractivity contribution in [1.29, 1.82) is 0 Å². The molecule has 1 N–H and O–H groups in total. The van der Waals surface area contributed by atoms with Gasteiger partial charge in [0.1, 0.15) is 5.82 Å². The molecule has 1 heterocycles. The molecule has 31 heavy (non-hydrogen) atoms. The molecule has 5 nitrogen and oxygen atoms in total. The van der Waals surface area contributed by atoms with Crippen LogP contribution >= 0.6 is 0 Å². The minimum absolute atomic E-state index is 0.285. The summed E-state index contributed by atoms with van der Waals surface area (Å²) in [5.41, 5.74) is 4.63. The molecule has 1 amide bonds. The minimum Gasteiger partial charge on any atom is -0.452 e. The number of aromatic nitrogens is 1. The highest BCUT2D eigenvalue weighted by atomic mass is 19.1. The highest BCUT2D eigenvalue weighted by Gasteiger charge is 2.26. The highest BCUT2D eigenvalue weighted by molar-refractivity contribution is 6.07. The molecule has 0 bridgehead atoms. The van der Waals surface area contributed by atoms with Gasteiger partial charge in [-0.2, -0.15) is 0 Å². The number of rotatable bonds is 5. The number of fused-ring (bicyclic) bond motifs is 2. The molecule has 0 saturated heterocycles. The zero-order chi connectivity index (χ0) is 21.8. The summed E-state index contributed by atoms with van der Waals surface area (Å²) >= 11 is 0. The lowest BCUT2D eigenvalue weighted by atomic mass is 9.86. The molecule has 3 aromatic rings. The number of likely N-dealkylation sites (N-methyl/N-ethyl adjacent to an activating group) is 1. The number of hydrogen-bond donors (Lipinski definition) is 1. The predicted octanol–water partition coefficient (Wildman–Crippen LogP) is 4.54. The first-order valence-electron chi connectivity index (χ1n) is 10.4. The van der Waals surface area contributed by atoms with Crippen molar-refractivity contribution < 1.29 is 18.7 Å². The average molecular weight is 418 g/mol. The standard InChI is InChI=1S/C25H23FN2O3/c1-2-27-22(29)15-31-25(30)23-19-7-3-4-9-21(19)28-24-17(6-5-8-20(23)24)14-16-10-12-18(26)13-11-16/h3-4,7,9-14H,2,5-6,8,15H2,1H3,(H,27,29)/b17-14+. The van der Waals surface area contributed by atoms with Gasteiger partial charge in [0, 0.05) is 11.9 Å². The molecule has 0 spiro atoms. The van der Waals surface area contributed by atoms with Gasteiger partial charge in [-0.25, -0.2) is 14.2 Å². The van der Waals surface area contributed by atoms with E-state index in [0.29, 0.717) is 29.4 Å². The molecule has 0 saturated carbocycles. The monoisotopic (exact) mass is 418 g/mol. The number of pyridine rings is 1. The van der Waals surface area contributed by atoms with Gasteiger partial charge in [0.05, 0.1) is 16.8 Å². The molecule has 0 aliphatic heterocycles. The van der Waals surface area contributed by atoms with Gasteiger partial charge in [0.25, 0.3) is 5.91 Å². The molecular formula is C25H23FN2O3. The second kappa shape index (κ2) is 9.08. The zero-order valence-corrected chi connectivity index (χ0v) is 17.3. The van der Waals surface area contributed by atoms with Crippen molar-refractivity contribution in [2.45, 2.75) is 26.2 Å². The van der Waals surface area contributed by atoms with Crippen LogP contribution in [-0.2, 0) is 16.0 Å². The fourth-order valence-corrected chi connectivity index (χ4v) is 3.92. The van der Waals surface area contributed by atoms with Crippen LogP contribution in [0.5, 0.6) is 0 Å². The summed E-state index contributed by atoms with van der Waals surface area (Å²) in [5.74, 6) is -1.14. The number of nitrogens with zero attached hydrogens (tertiary/aromatic N) is 1. The van der Waals surface area contributed by atoms with Crippen LogP contribution in [0.2, 0.25) is 0 Å². The van der Waals surface area contributed by atoms with Crippen molar-refractivity contribution in [2.75, 3.05) is 13.2 Å². The van der Waals surface area contributed by atoms with E-state index in [1.54, 1.807) is 12.1 Å². The van der Waals surface area contributed by atoms with Crippen LogP contribution < -0.4 is 5.32 Å². The van der Waals surface area contributed by atoms with Crippen LogP contribution in [0.4, 0.5) is 4.39 Å². The fourth-order valence-electron chi connectivity index (χ4n) is 3.92. The van der Waals surface area contributed by atoms with Crippen LogP contribution in [0.1, 0.15) is 46.9 Å². The Balaban J connectivity index is 1.79. The summed E-state index contributed by atoms with van der Waals surface area (Å²) in [4.78, 5) is 29.7. The van der Waals surface area contributed by atoms with E-state index >= 15 is 0 Å². The summed E-state index contributed by atoms with van der Waals surface area (Å²) in [7, 11) is 0. The van der Waals surface area contributed by atoms with E-state index in [4.69, 9.17) is 9.72 Å². The van der Waals surface area contributed by atoms with Gasteiger partial charge >= 0.3 is 5.97 Å². The maximum Gasteiger partial charge on any atom is 0.339 e. The number of halogens is 1. The van der Waals surface area contributed by atoms with Crippen LogP contribution in [0.25, 0.3) is 22.6 Å². The number of carbonyl (C=O) groups excluding carboxylic acids is 2. The fraction of sp³-hybridized carbons (Fsp3) is 0.240. The van der Waals surface area contributed by atoms with Gasteiger partial charge in [0.15, 0.2) is 6.61 Å². The second-order valence-electron chi connectivity index (χ2n) is 7.44. The lowest BCUT2D eigenvalue weighted by molar-refractivity contribution is -0.124. The van der Waals surface area contributed by atoms with E-state index in [1.165, 1.54) is 12.1 Å². The first-order valence-corrected chi connectivity index (χ1v) is 10.4. The smallest absolute Gasteiger partial charge is 0.339 e. The van der Waals surface area contributed by atoms with Gasteiger partial charge in [-0.3, -0.25) is 4.79 Å². The van der Waals surface area contributed by atoms with Crippen LogP contribution in [0.3, 0.4) is 0 Å². The number of ether oxygens (including phenoxy) is 1. The number of hydrogen-bond acceptors (Lipinski definition) is 4. The van der Waals surface area contributed by atoms with E-state index < -0.39 is 5.97 Å². The van der Waals surface area contributed by atoms with Crippen molar-refractivity contribution in [1.82, 2.24) is 10.3 Å². The maximum atomic E-state index is 13.3. The van der Waals surface area contributed by atoms with Gasteiger partial charge in [-0.1, -0.05) is 30.3 Å². The number of amides is 1. The summed E-state index contributed by atoms with van der Waals surface area (Å²) in [6.07, 6.45) is 4.35. The molecule has 1 aliphatic carbocycles. The normalized spacial score (nSPS) is 14.3. The third-order valence-electron chi connectivity index (χ3n) is 5.29. The van der Waals surface area contributed by atoms with Crippen molar-refractivity contribution >= 4 is 34.4 Å². The molecule has 0 atom stereocenters. The molecule has 0 fully saturated rings. The lowest BCUT2D eigenvalue weighted by Gasteiger charge is -2.22. The first-order chi connectivity index (χ1) is 15.1. The Morgan fingerprint density at radius 1 is 1.13 bits per heavy atom. The third-order valence-corrected chi connectivity index (χ3v) is 5.29. The predicted molar refractivity (Wildman–Crippen MR) is 118 cm³/mol. The number of allylic oxidation sites excluding steroid dienone is 1. The second-order valence-corrected chi connectivity index (χ2v) is 7.44. The number of benzene rings is 2. The van der Waals surface area contributed by atoms with Crippen molar-refractivity contribution in [3.05, 3.63) is 76.7 Å². The molecule has 2 aromatic carbocycles.